The third-order valence-electron chi connectivity index (χ3n) is 7.54. The van der Waals surface area contributed by atoms with Crippen LogP contribution in [0.1, 0.15) is 56.7 Å². The molecule has 1 N–H and O–H groups in total. The number of nitriles is 1. The fraction of sp³-hybridized carbons (Fsp3) is 0.480. The first-order chi connectivity index (χ1) is 18.4. The van der Waals surface area contributed by atoms with E-state index < -0.39 is 27.0 Å². The van der Waals surface area contributed by atoms with Crippen molar-refractivity contribution < 1.29 is 22.0 Å². The number of aromatic nitrogens is 4. The maximum atomic E-state index is 13.3. The lowest BCUT2D eigenvalue weighted by Gasteiger charge is -2.49. The van der Waals surface area contributed by atoms with E-state index in [1.54, 1.807) is 6.07 Å². The first-order valence-corrected chi connectivity index (χ1v) is 14.8. The molecule has 0 bridgehead atoms. The number of nitrogens with zero attached hydrogens (tertiary/aromatic N) is 6. The van der Waals surface area contributed by atoms with E-state index in [9.17, 15) is 27.3 Å². The zero-order chi connectivity index (χ0) is 27.7. The quantitative estimate of drug-likeness (QED) is 0.455. The van der Waals surface area contributed by atoms with Crippen LogP contribution in [-0.2, 0) is 14.8 Å². The molecule has 3 aromatic heterocycles. The van der Waals surface area contributed by atoms with E-state index >= 15 is 0 Å². The molecule has 0 atom stereocenters. The smallest absolute Gasteiger partial charge is 0.291 e. The number of halogens is 2. The number of alkyl halides is 2. The average molecular weight is 574 g/mol. The molecule has 6 rings (SSSR count). The van der Waals surface area contributed by atoms with E-state index in [1.807, 2.05) is 24.8 Å². The summed E-state index contributed by atoms with van der Waals surface area (Å²) in [6, 6.07) is 5.09. The first kappa shape index (κ1) is 26.0. The van der Waals surface area contributed by atoms with Crippen molar-refractivity contribution in [3.8, 4) is 16.9 Å². The number of hydrogen-bond acceptors (Lipinski definition) is 8. The van der Waals surface area contributed by atoms with Gasteiger partial charge in [0.15, 0.2) is 15.8 Å². The number of pyridine rings is 1. The molecule has 4 heterocycles. The number of amides is 1. The van der Waals surface area contributed by atoms with Crippen LogP contribution in [0.5, 0.6) is 0 Å². The van der Waals surface area contributed by atoms with Crippen molar-refractivity contribution in [2.75, 3.05) is 13.1 Å². The molecule has 1 amide bonds. The summed E-state index contributed by atoms with van der Waals surface area (Å²) in [6.07, 6.45) is 2.99. The maximum absolute atomic E-state index is 13.3. The number of hydrogen-bond donors (Lipinski definition) is 1. The van der Waals surface area contributed by atoms with Gasteiger partial charge in [-0.15, -0.1) is 10.2 Å². The van der Waals surface area contributed by atoms with Gasteiger partial charge in [-0.1, -0.05) is 31.3 Å². The van der Waals surface area contributed by atoms with E-state index in [0.29, 0.717) is 54.9 Å². The van der Waals surface area contributed by atoms with Gasteiger partial charge in [0, 0.05) is 30.6 Å². The Morgan fingerprint density at radius 1 is 1.23 bits per heavy atom. The molecular formula is C25H25F2N7O3S2. The number of rotatable bonds is 7. The fourth-order valence-corrected chi connectivity index (χ4v) is 7.36. The molecule has 1 aliphatic heterocycles. The van der Waals surface area contributed by atoms with Crippen LogP contribution in [0.25, 0.3) is 21.9 Å². The van der Waals surface area contributed by atoms with Gasteiger partial charge in [-0.05, 0) is 43.4 Å². The van der Waals surface area contributed by atoms with Gasteiger partial charge in [-0.3, -0.25) is 9.20 Å². The molecule has 1 saturated heterocycles. The Morgan fingerprint density at radius 2 is 1.97 bits per heavy atom. The van der Waals surface area contributed by atoms with Crippen molar-refractivity contribution in [3.63, 3.8) is 0 Å². The maximum Gasteiger partial charge on any atom is 0.291 e. The molecule has 0 radical (unpaired) electrons. The highest BCUT2D eigenvalue weighted by molar-refractivity contribution is 7.89. The fourth-order valence-electron chi connectivity index (χ4n) is 5.30. The van der Waals surface area contributed by atoms with Crippen LogP contribution < -0.4 is 4.72 Å². The van der Waals surface area contributed by atoms with Gasteiger partial charge in [-0.2, -0.15) is 9.98 Å². The number of allylic oxidation sites excluding steroid dienone is 2. The Hall–Kier alpha value is -3.28. The molecule has 39 heavy (non-hydrogen) atoms. The second-order valence-electron chi connectivity index (χ2n) is 10.9. The van der Waals surface area contributed by atoms with Crippen LogP contribution in [0.3, 0.4) is 0 Å². The highest BCUT2D eigenvalue weighted by atomic mass is 32.2. The number of sulfonamides is 1. The summed E-state index contributed by atoms with van der Waals surface area (Å²) >= 11 is 0.696. The minimum Gasteiger partial charge on any atom is -0.341 e. The van der Waals surface area contributed by atoms with Crippen molar-refractivity contribution in [2.24, 2.45) is 11.3 Å². The number of carbonyl (C=O) groups is 1. The summed E-state index contributed by atoms with van der Waals surface area (Å²) < 4.78 is 56.8. The molecule has 10 nitrogen and oxygen atoms in total. The van der Waals surface area contributed by atoms with Crippen LogP contribution in [0.2, 0.25) is 0 Å². The van der Waals surface area contributed by atoms with Crippen LogP contribution in [0.4, 0.5) is 8.78 Å². The minimum absolute atomic E-state index is 0.0648. The molecule has 0 aromatic carbocycles. The van der Waals surface area contributed by atoms with Crippen LogP contribution in [-0.4, -0.2) is 57.4 Å². The summed E-state index contributed by atoms with van der Waals surface area (Å²) in [5.74, 6) is 0.264. The summed E-state index contributed by atoms with van der Waals surface area (Å²) in [6.45, 7) is 5.08. The predicted octanol–water partition coefficient (Wildman–Crippen LogP) is 3.79. The summed E-state index contributed by atoms with van der Waals surface area (Å²) in [5.41, 5.74) is 0.988. The van der Waals surface area contributed by atoms with Gasteiger partial charge in [-0.25, -0.2) is 22.2 Å². The van der Waals surface area contributed by atoms with Gasteiger partial charge in [0.25, 0.3) is 6.43 Å². The topological polar surface area (TPSA) is 133 Å². The zero-order valence-corrected chi connectivity index (χ0v) is 22.8. The molecule has 3 aromatic rings. The molecule has 2 fully saturated rings. The standard InChI is InChI=1S/C25H25F2N7O3S2/c1-14(2)23(35)33-12-24(13-33)6-5-15(9-24)18-17-4-3-16(39(36,37)32-25(11-28)7-8-25)10-34(17)20(29-18)22-31-30-21(38-22)19(26)27/h3-5,10,14,19,32H,6-9,12-13H2,1-2H3. The molecular weight excluding hydrogens is 548 g/mol. The Bertz CT molecular complexity index is 1680. The monoisotopic (exact) mass is 573 g/mol. The van der Waals surface area contributed by atoms with Crippen LogP contribution in [0, 0.1) is 22.7 Å². The van der Waals surface area contributed by atoms with E-state index in [2.05, 4.69) is 21.0 Å². The Kier molecular flexibility index (Phi) is 5.91. The molecule has 0 unspecified atom stereocenters. The summed E-state index contributed by atoms with van der Waals surface area (Å²) in [5, 5.41) is 16.5. The number of likely N-dealkylation sites (tertiary alicyclic amines) is 1. The van der Waals surface area contributed by atoms with Crippen molar-refractivity contribution in [1.29, 1.82) is 5.26 Å². The first-order valence-electron chi connectivity index (χ1n) is 12.5. The molecule has 2 aliphatic carbocycles. The third kappa shape index (κ3) is 4.42. The predicted molar refractivity (Wildman–Crippen MR) is 138 cm³/mol. The van der Waals surface area contributed by atoms with E-state index in [0.717, 1.165) is 12.0 Å². The minimum atomic E-state index is -4.04. The van der Waals surface area contributed by atoms with Crippen LogP contribution in [0.15, 0.2) is 29.3 Å². The van der Waals surface area contributed by atoms with Gasteiger partial charge in [0.1, 0.15) is 5.54 Å². The second kappa shape index (κ2) is 8.87. The second-order valence-corrected chi connectivity index (χ2v) is 13.6. The zero-order valence-electron chi connectivity index (χ0n) is 21.2. The summed E-state index contributed by atoms with van der Waals surface area (Å²) in [7, 11) is -4.04. The van der Waals surface area contributed by atoms with Crippen molar-refractivity contribution in [1.82, 2.24) is 29.2 Å². The number of fused-ring (bicyclic) bond motifs is 1. The molecule has 204 valence electrons. The summed E-state index contributed by atoms with van der Waals surface area (Å²) in [4.78, 5) is 18.9. The van der Waals surface area contributed by atoms with Gasteiger partial charge >= 0.3 is 0 Å². The van der Waals surface area contributed by atoms with E-state index in [1.165, 1.54) is 16.7 Å². The van der Waals surface area contributed by atoms with E-state index in [-0.39, 0.29) is 33.0 Å². The molecule has 1 spiro atoms. The van der Waals surface area contributed by atoms with E-state index in [4.69, 9.17) is 4.98 Å². The lowest BCUT2D eigenvalue weighted by atomic mass is 9.76. The van der Waals surface area contributed by atoms with Gasteiger partial charge < -0.3 is 4.90 Å². The molecule has 1 saturated carbocycles. The van der Waals surface area contributed by atoms with Gasteiger partial charge in [0.05, 0.1) is 22.2 Å². The largest absolute Gasteiger partial charge is 0.341 e. The Balaban J connectivity index is 1.37. The van der Waals surface area contributed by atoms with Crippen molar-refractivity contribution >= 4 is 38.4 Å². The number of nitrogens with one attached hydrogen (secondary N) is 1. The SMILES string of the molecule is CC(C)C(=O)N1CC2(CC=C(c3nc(-c4nnc(C(F)F)s4)n4cc(S(=O)(=O)NC5(C#N)CC5)ccc34)C2)C1. The highest BCUT2D eigenvalue weighted by Gasteiger charge is 2.48. The third-order valence-corrected chi connectivity index (χ3v) is 9.99. The Labute approximate surface area is 227 Å². The number of carbonyl (C=O) groups excluding carboxylic acids is 1. The highest BCUT2D eigenvalue weighted by Crippen LogP contribution is 2.49. The molecule has 3 aliphatic rings. The van der Waals surface area contributed by atoms with Crippen molar-refractivity contribution in [2.45, 2.75) is 56.4 Å². The Morgan fingerprint density at radius 3 is 2.59 bits per heavy atom. The van der Waals surface area contributed by atoms with Gasteiger partial charge in [0.2, 0.25) is 15.9 Å². The molecule has 14 heteroatoms. The average Bonchev–Trinajstić information content (AvgIpc) is 3.23. The van der Waals surface area contributed by atoms with Crippen LogP contribution >= 0.6 is 11.3 Å². The van der Waals surface area contributed by atoms with Crippen molar-refractivity contribution in [3.05, 3.63) is 35.1 Å². The lowest BCUT2D eigenvalue weighted by Crippen LogP contribution is -2.58. The lowest BCUT2D eigenvalue weighted by molar-refractivity contribution is -0.146. The number of imidazole rings is 1. The normalized spacial score (nSPS) is 19.5.